The number of aryl methyl sites for hydroxylation is 2. The van der Waals surface area contributed by atoms with E-state index in [9.17, 15) is 9.59 Å². The predicted molar refractivity (Wildman–Crippen MR) is 109 cm³/mol. The van der Waals surface area contributed by atoms with Crippen LogP contribution in [0, 0.1) is 13.8 Å². The van der Waals surface area contributed by atoms with Crippen LogP contribution in [-0.2, 0) is 22.4 Å². The van der Waals surface area contributed by atoms with Crippen LogP contribution in [0.1, 0.15) is 37.5 Å². The van der Waals surface area contributed by atoms with Gasteiger partial charge in [0.15, 0.2) is 11.2 Å². The Hall–Kier alpha value is -2.99. The van der Waals surface area contributed by atoms with Crippen molar-refractivity contribution in [3.8, 4) is 0 Å². The van der Waals surface area contributed by atoms with Gasteiger partial charge in [0.1, 0.15) is 0 Å². The van der Waals surface area contributed by atoms with E-state index in [-0.39, 0.29) is 5.91 Å². The molecule has 6 heteroatoms. The number of hydrogen-bond donors (Lipinski definition) is 1. The lowest BCUT2D eigenvalue weighted by molar-refractivity contribution is -0.125. The molecule has 1 aliphatic heterocycles. The van der Waals surface area contributed by atoms with Crippen molar-refractivity contribution in [2.45, 2.75) is 32.8 Å². The highest BCUT2D eigenvalue weighted by atomic mass is 32.1. The van der Waals surface area contributed by atoms with Gasteiger partial charge in [-0.1, -0.05) is 47.5 Å². The highest BCUT2D eigenvalue weighted by Gasteiger charge is 2.31. The van der Waals surface area contributed by atoms with Crippen LogP contribution in [0.2, 0.25) is 0 Å². The number of thiazole rings is 1. The zero-order chi connectivity index (χ0) is 19.7. The lowest BCUT2D eigenvalue weighted by Gasteiger charge is -2.23. The summed E-state index contributed by atoms with van der Waals surface area (Å²) >= 11 is 1.43. The van der Waals surface area contributed by atoms with Gasteiger partial charge in [-0.05, 0) is 31.0 Å². The second-order valence-corrected chi connectivity index (χ2v) is 8.16. The van der Waals surface area contributed by atoms with Crippen LogP contribution in [0.25, 0.3) is 0 Å². The molecule has 1 atom stereocenters. The average molecular weight is 392 g/mol. The van der Waals surface area contributed by atoms with E-state index in [1.54, 1.807) is 12.3 Å². The standard InChI is InChI=1S/C22H20N2O3S/c1-13-4-3-5-15(8-13)10-17-12-23-22(28-17)24-20(25)19-11-16-9-14(2)6-7-18(16)21(26)27-19/h3-9,12,19H,10-11H2,1-2H3,(H,23,24,25). The molecule has 1 aliphatic rings. The van der Waals surface area contributed by atoms with Crippen molar-refractivity contribution in [2.75, 3.05) is 5.32 Å². The first kappa shape index (κ1) is 18.4. The number of fused-ring (bicyclic) bond motifs is 1. The summed E-state index contributed by atoms with van der Waals surface area (Å²) in [7, 11) is 0. The maximum absolute atomic E-state index is 12.6. The van der Waals surface area contributed by atoms with Gasteiger partial charge in [-0.25, -0.2) is 9.78 Å². The van der Waals surface area contributed by atoms with E-state index in [2.05, 4.69) is 35.4 Å². The normalized spacial score (nSPS) is 15.6. The molecule has 2 heterocycles. The number of benzene rings is 2. The Kier molecular flexibility index (Phi) is 4.96. The number of carbonyl (C=O) groups excluding carboxylic acids is 2. The minimum absolute atomic E-state index is 0.350. The molecule has 142 valence electrons. The molecule has 0 fully saturated rings. The van der Waals surface area contributed by atoms with Gasteiger partial charge in [0.25, 0.3) is 5.91 Å². The molecule has 1 unspecified atom stereocenters. The predicted octanol–water partition coefficient (Wildman–Crippen LogP) is 4.07. The first-order valence-electron chi connectivity index (χ1n) is 9.09. The molecule has 0 radical (unpaired) electrons. The zero-order valence-corrected chi connectivity index (χ0v) is 16.5. The first-order chi connectivity index (χ1) is 13.5. The average Bonchev–Trinajstić information content (AvgIpc) is 3.08. The molecular weight excluding hydrogens is 372 g/mol. The van der Waals surface area contributed by atoms with E-state index >= 15 is 0 Å². The monoisotopic (exact) mass is 392 g/mol. The SMILES string of the molecule is Cc1cccc(Cc2cnc(NC(=O)C3Cc4cc(C)ccc4C(=O)O3)s2)c1. The van der Waals surface area contributed by atoms with Crippen LogP contribution >= 0.6 is 11.3 Å². The zero-order valence-electron chi connectivity index (χ0n) is 15.7. The van der Waals surface area contributed by atoms with E-state index in [0.29, 0.717) is 17.1 Å². The second-order valence-electron chi connectivity index (χ2n) is 7.05. The number of cyclic esters (lactones) is 1. The van der Waals surface area contributed by atoms with Crippen LogP contribution in [0.15, 0.2) is 48.7 Å². The highest BCUT2D eigenvalue weighted by Crippen LogP contribution is 2.25. The van der Waals surface area contributed by atoms with E-state index in [1.165, 1.54) is 22.5 Å². The fourth-order valence-corrected chi connectivity index (χ4v) is 4.18. The second kappa shape index (κ2) is 7.56. The minimum atomic E-state index is -0.842. The summed E-state index contributed by atoms with van der Waals surface area (Å²) in [4.78, 5) is 30.1. The molecule has 1 N–H and O–H groups in total. The third-order valence-electron chi connectivity index (χ3n) is 4.67. The van der Waals surface area contributed by atoms with Gasteiger partial charge in [-0.3, -0.25) is 10.1 Å². The topological polar surface area (TPSA) is 68.3 Å². The molecule has 0 aliphatic carbocycles. The van der Waals surface area contributed by atoms with E-state index in [1.807, 2.05) is 25.1 Å². The Balaban J connectivity index is 1.43. The molecule has 1 aromatic heterocycles. The van der Waals surface area contributed by atoms with Crippen molar-refractivity contribution in [2.24, 2.45) is 0 Å². The number of nitrogens with one attached hydrogen (secondary N) is 1. The summed E-state index contributed by atoms with van der Waals surface area (Å²) in [5, 5.41) is 3.30. The summed E-state index contributed by atoms with van der Waals surface area (Å²) < 4.78 is 5.33. The number of hydrogen-bond acceptors (Lipinski definition) is 5. The number of nitrogens with zero attached hydrogens (tertiary/aromatic N) is 1. The number of carbonyl (C=O) groups is 2. The van der Waals surface area contributed by atoms with Crippen molar-refractivity contribution >= 4 is 28.3 Å². The van der Waals surface area contributed by atoms with Gasteiger partial charge < -0.3 is 4.74 Å². The number of aromatic nitrogens is 1. The van der Waals surface area contributed by atoms with Crippen LogP contribution in [0.3, 0.4) is 0 Å². The van der Waals surface area contributed by atoms with Gasteiger partial charge >= 0.3 is 5.97 Å². The largest absolute Gasteiger partial charge is 0.448 e. The third kappa shape index (κ3) is 3.97. The molecule has 0 bridgehead atoms. The van der Waals surface area contributed by atoms with Gasteiger partial charge in [-0.15, -0.1) is 11.3 Å². The van der Waals surface area contributed by atoms with Crippen molar-refractivity contribution in [1.29, 1.82) is 0 Å². The van der Waals surface area contributed by atoms with Crippen molar-refractivity contribution in [3.63, 3.8) is 0 Å². The van der Waals surface area contributed by atoms with Gasteiger partial charge in [0.05, 0.1) is 5.56 Å². The Morgan fingerprint density at radius 1 is 1.21 bits per heavy atom. The fourth-order valence-electron chi connectivity index (χ4n) is 3.33. The van der Waals surface area contributed by atoms with Crippen LogP contribution in [-0.4, -0.2) is 23.0 Å². The van der Waals surface area contributed by atoms with Gasteiger partial charge in [0, 0.05) is 23.9 Å². The Morgan fingerprint density at radius 3 is 2.86 bits per heavy atom. The first-order valence-corrected chi connectivity index (χ1v) is 9.91. The molecular formula is C22H20N2O3S. The molecule has 4 rings (SSSR count). The van der Waals surface area contributed by atoms with Crippen LogP contribution in [0.5, 0.6) is 0 Å². The fraction of sp³-hybridized carbons (Fsp3) is 0.227. The molecule has 5 nitrogen and oxygen atoms in total. The molecule has 0 spiro atoms. The van der Waals surface area contributed by atoms with Crippen LogP contribution < -0.4 is 5.32 Å². The maximum atomic E-state index is 12.6. The molecule has 28 heavy (non-hydrogen) atoms. The summed E-state index contributed by atoms with van der Waals surface area (Å²) in [6, 6.07) is 13.9. The van der Waals surface area contributed by atoms with Gasteiger partial charge in [0.2, 0.25) is 0 Å². The minimum Gasteiger partial charge on any atom is -0.448 e. The Morgan fingerprint density at radius 2 is 2.04 bits per heavy atom. The van der Waals surface area contributed by atoms with Gasteiger partial charge in [-0.2, -0.15) is 0 Å². The molecule has 0 saturated heterocycles. The molecule has 0 saturated carbocycles. The molecule has 2 aromatic carbocycles. The van der Waals surface area contributed by atoms with Crippen molar-refractivity contribution in [3.05, 3.63) is 81.4 Å². The van der Waals surface area contributed by atoms with E-state index in [0.717, 1.165) is 22.4 Å². The lowest BCUT2D eigenvalue weighted by atomic mass is 9.96. The van der Waals surface area contributed by atoms with Crippen LogP contribution in [0.4, 0.5) is 5.13 Å². The maximum Gasteiger partial charge on any atom is 0.339 e. The lowest BCUT2D eigenvalue weighted by Crippen LogP contribution is -2.38. The molecule has 1 amide bonds. The summed E-state index contributed by atoms with van der Waals surface area (Å²) in [5.74, 6) is -0.808. The molecule has 3 aromatic rings. The number of anilines is 1. The number of esters is 1. The third-order valence-corrected chi connectivity index (χ3v) is 5.58. The summed E-state index contributed by atoms with van der Waals surface area (Å²) in [6.45, 7) is 4.02. The Bertz CT molecular complexity index is 1060. The van der Waals surface area contributed by atoms with E-state index in [4.69, 9.17) is 4.74 Å². The number of amides is 1. The highest BCUT2D eigenvalue weighted by molar-refractivity contribution is 7.15. The number of ether oxygens (including phenoxy) is 1. The number of rotatable bonds is 4. The van der Waals surface area contributed by atoms with Crippen molar-refractivity contribution < 1.29 is 14.3 Å². The quantitative estimate of drug-likeness (QED) is 0.680. The van der Waals surface area contributed by atoms with E-state index < -0.39 is 12.1 Å². The summed E-state index contributed by atoms with van der Waals surface area (Å²) in [6.07, 6.45) is 2.07. The Labute approximate surface area is 167 Å². The summed E-state index contributed by atoms with van der Waals surface area (Å²) in [5.41, 5.74) is 4.84. The van der Waals surface area contributed by atoms with Crippen molar-refractivity contribution in [1.82, 2.24) is 4.98 Å². The smallest absolute Gasteiger partial charge is 0.339 e.